The molecule has 0 aromatic heterocycles. The van der Waals surface area contributed by atoms with Crippen molar-refractivity contribution in [3.8, 4) is 5.75 Å². The minimum Gasteiger partial charge on any atom is -0.507 e. The first-order valence-electron chi connectivity index (χ1n) is 10.0. The Morgan fingerprint density at radius 3 is 2.55 bits per heavy atom. The summed E-state index contributed by atoms with van der Waals surface area (Å²) < 4.78 is 6.12. The van der Waals surface area contributed by atoms with E-state index >= 15 is 0 Å². The van der Waals surface area contributed by atoms with Crippen LogP contribution < -0.4 is 5.32 Å². The maximum Gasteiger partial charge on any atom is 0.329 e. The largest absolute Gasteiger partial charge is 0.507 e. The Morgan fingerprint density at radius 1 is 1.14 bits per heavy atom. The summed E-state index contributed by atoms with van der Waals surface area (Å²) in [4.78, 5) is 38.6. The number of carbonyl (C=O) groups excluding carboxylic acids is 3. The van der Waals surface area contributed by atoms with Crippen LogP contribution in [0.25, 0.3) is 0 Å². The molecule has 1 fully saturated rings. The molecular weight excluding hydrogens is 487 g/mol. The lowest BCUT2D eigenvalue weighted by Gasteiger charge is -2.27. The van der Waals surface area contributed by atoms with Crippen LogP contribution in [0.1, 0.15) is 50.5 Å². The van der Waals surface area contributed by atoms with E-state index in [1.54, 1.807) is 25.2 Å². The Labute approximate surface area is 185 Å². The number of nitrogens with one attached hydrogen (secondary N) is 1. The molecule has 0 radical (unpaired) electrons. The van der Waals surface area contributed by atoms with Crippen LogP contribution in [-0.4, -0.2) is 54.0 Å². The molecule has 1 saturated heterocycles. The number of phenols is 1. The number of phenolic OH excluding ortho intramolecular Hbond substituents is 1. The van der Waals surface area contributed by atoms with E-state index in [4.69, 9.17) is 4.74 Å². The van der Waals surface area contributed by atoms with Gasteiger partial charge in [-0.05, 0) is 53.1 Å². The van der Waals surface area contributed by atoms with Crippen LogP contribution in [0.2, 0.25) is 0 Å². The zero-order valence-corrected chi connectivity index (χ0v) is 18.9. The second-order valence-electron chi connectivity index (χ2n) is 7.33. The van der Waals surface area contributed by atoms with Crippen molar-refractivity contribution in [3.05, 3.63) is 27.3 Å². The van der Waals surface area contributed by atoms with Crippen LogP contribution in [0.5, 0.6) is 5.75 Å². The maximum atomic E-state index is 12.7. The fourth-order valence-corrected chi connectivity index (χ4v) is 3.78. The van der Waals surface area contributed by atoms with Crippen molar-refractivity contribution in [2.75, 3.05) is 20.2 Å². The van der Waals surface area contributed by atoms with E-state index in [2.05, 4.69) is 5.32 Å². The highest BCUT2D eigenvalue weighted by atomic mass is 127. The van der Waals surface area contributed by atoms with E-state index in [1.165, 1.54) is 4.90 Å². The molecule has 1 aliphatic rings. The first-order valence-corrected chi connectivity index (χ1v) is 11.1. The van der Waals surface area contributed by atoms with Gasteiger partial charge in [0.1, 0.15) is 11.8 Å². The summed E-state index contributed by atoms with van der Waals surface area (Å²) in [5, 5.41) is 12.4. The van der Waals surface area contributed by atoms with Crippen molar-refractivity contribution in [1.82, 2.24) is 10.2 Å². The topological polar surface area (TPSA) is 95.9 Å². The molecule has 2 rings (SSSR count). The third kappa shape index (κ3) is 7.83. The lowest BCUT2D eigenvalue weighted by Crippen LogP contribution is -2.48. The van der Waals surface area contributed by atoms with Gasteiger partial charge in [-0.25, -0.2) is 4.79 Å². The molecule has 0 saturated carbocycles. The molecule has 0 aliphatic carbocycles. The molecule has 1 atom stereocenters. The van der Waals surface area contributed by atoms with Gasteiger partial charge in [0.05, 0.1) is 16.7 Å². The number of halogens is 1. The van der Waals surface area contributed by atoms with Crippen LogP contribution >= 0.6 is 22.6 Å². The molecule has 0 spiro atoms. The molecule has 1 aliphatic heterocycles. The van der Waals surface area contributed by atoms with Gasteiger partial charge in [0.2, 0.25) is 11.8 Å². The number of esters is 1. The highest BCUT2D eigenvalue weighted by Crippen LogP contribution is 2.22. The van der Waals surface area contributed by atoms with Gasteiger partial charge in [-0.1, -0.05) is 31.7 Å². The lowest BCUT2D eigenvalue weighted by molar-refractivity contribution is -0.154. The summed E-state index contributed by atoms with van der Waals surface area (Å²) in [5.41, 5.74) is 0.812. The highest BCUT2D eigenvalue weighted by molar-refractivity contribution is 14.1. The van der Waals surface area contributed by atoms with Crippen molar-refractivity contribution < 1.29 is 24.2 Å². The number of amides is 2. The Hall–Kier alpha value is -1.84. The normalized spacial score (nSPS) is 20.8. The third-order valence-corrected chi connectivity index (χ3v) is 5.92. The predicted molar refractivity (Wildman–Crippen MR) is 117 cm³/mol. The van der Waals surface area contributed by atoms with Gasteiger partial charge in [-0.3, -0.25) is 9.59 Å². The average Bonchev–Trinajstić information content (AvgIpc) is 2.70. The molecular formula is C21H29IN2O5. The van der Waals surface area contributed by atoms with Crippen LogP contribution in [0.4, 0.5) is 0 Å². The van der Waals surface area contributed by atoms with Crippen molar-refractivity contribution in [3.63, 3.8) is 0 Å². The van der Waals surface area contributed by atoms with E-state index in [0.717, 1.165) is 44.1 Å². The highest BCUT2D eigenvalue weighted by Gasteiger charge is 2.29. The maximum absolute atomic E-state index is 12.7. The second kappa shape index (κ2) is 12.0. The minimum absolute atomic E-state index is 0.147. The molecule has 1 aromatic rings. The Bertz CT molecular complexity index is 725. The van der Waals surface area contributed by atoms with E-state index in [9.17, 15) is 19.5 Å². The molecule has 0 unspecified atom stereocenters. The number of ether oxygens (including phenoxy) is 1. The van der Waals surface area contributed by atoms with Crippen LogP contribution in [0.3, 0.4) is 0 Å². The fourth-order valence-electron chi connectivity index (χ4n) is 3.20. The zero-order valence-electron chi connectivity index (χ0n) is 16.8. The van der Waals surface area contributed by atoms with Gasteiger partial charge in [0.25, 0.3) is 0 Å². The van der Waals surface area contributed by atoms with Crippen molar-refractivity contribution in [2.45, 2.75) is 57.4 Å². The molecule has 29 heavy (non-hydrogen) atoms. The molecule has 2 N–H and O–H groups in total. The Kier molecular flexibility index (Phi) is 9.69. The molecule has 160 valence electrons. The third-order valence-electron chi connectivity index (χ3n) is 5.05. The summed E-state index contributed by atoms with van der Waals surface area (Å²) in [6.45, 7) is 0.188. The molecule has 1 aromatic carbocycles. The van der Waals surface area contributed by atoms with Crippen molar-refractivity contribution in [2.24, 2.45) is 0 Å². The monoisotopic (exact) mass is 516 g/mol. The van der Waals surface area contributed by atoms with Crippen molar-refractivity contribution in [1.29, 1.82) is 0 Å². The molecule has 1 heterocycles. The average molecular weight is 516 g/mol. The first kappa shape index (κ1) is 23.4. The predicted octanol–water partition coefficient (Wildman–Crippen LogP) is 2.77. The summed E-state index contributed by atoms with van der Waals surface area (Å²) >= 11 is 2.02. The molecule has 8 heteroatoms. The van der Waals surface area contributed by atoms with E-state index in [1.807, 2.05) is 22.6 Å². The Balaban J connectivity index is 2.13. The van der Waals surface area contributed by atoms with Crippen molar-refractivity contribution >= 4 is 40.4 Å². The van der Waals surface area contributed by atoms with Gasteiger partial charge >= 0.3 is 5.97 Å². The Morgan fingerprint density at radius 2 is 1.83 bits per heavy atom. The standard InChI is InChI=1S/C21H29IN2O5/c1-24-17(13-15-9-10-18(25)16(22)12-15)21(28)29-11-7-5-3-2-4-6-8-19(26)23-14-20(24)27/h9-10,12,17,25H,2-8,11,13-14H2,1H3,(H,23,26)/t17-/m1/s1. The van der Waals surface area contributed by atoms with Crippen LogP contribution in [0.15, 0.2) is 18.2 Å². The zero-order chi connectivity index (χ0) is 21.2. The quantitative estimate of drug-likeness (QED) is 0.466. The number of carbonyl (C=O) groups is 3. The number of nitrogens with zero attached hydrogens (tertiary/aromatic N) is 1. The number of rotatable bonds is 2. The van der Waals surface area contributed by atoms with Crippen LogP contribution in [0, 0.1) is 3.57 Å². The number of cyclic esters (lactones) is 1. The second-order valence-corrected chi connectivity index (χ2v) is 8.49. The first-order chi connectivity index (χ1) is 13.9. The van der Waals surface area contributed by atoms with Gasteiger partial charge in [0, 0.05) is 19.9 Å². The number of aromatic hydroxyl groups is 1. The summed E-state index contributed by atoms with van der Waals surface area (Å²) in [5.74, 6) is -0.781. The number of benzene rings is 1. The van der Waals surface area contributed by atoms with E-state index in [-0.39, 0.29) is 30.5 Å². The molecule has 7 nitrogen and oxygen atoms in total. The fraction of sp³-hybridized carbons (Fsp3) is 0.571. The molecule has 0 bridgehead atoms. The smallest absolute Gasteiger partial charge is 0.329 e. The van der Waals surface area contributed by atoms with Gasteiger partial charge in [-0.2, -0.15) is 0 Å². The van der Waals surface area contributed by atoms with Crippen LogP contribution in [-0.2, 0) is 25.5 Å². The number of hydrogen-bond acceptors (Lipinski definition) is 5. The van der Waals surface area contributed by atoms with E-state index < -0.39 is 12.0 Å². The van der Waals surface area contributed by atoms with Gasteiger partial charge in [-0.15, -0.1) is 0 Å². The lowest BCUT2D eigenvalue weighted by atomic mass is 10.0. The summed E-state index contributed by atoms with van der Waals surface area (Å²) in [6, 6.07) is 4.28. The minimum atomic E-state index is -0.798. The number of likely N-dealkylation sites (N-methyl/N-ethyl adjacent to an activating group) is 1. The molecule has 2 amide bonds. The summed E-state index contributed by atoms with van der Waals surface area (Å²) in [6.07, 6.45) is 6.32. The summed E-state index contributed by atoms with van der Waals surface area (Å²) in [7, 11) is 1.55. The van der Waals surface area contributed by atoms with Gasteiger partial charge < -0.3 is 20.1 Å². The SMILES string of the molecule is CN1C(=O)CNC(=O)CCCCCCCCOC(=O)[C@H]1Cc1ccc(O)c(I)c1. The van der Waals surface area contributed by atoms with Gasteiger partial charge in [0.15, 0.2) is 0 Å². The number of hydrogen-bond donors (Lipinski definition) is 2. The van der Waals surface area contributed by atoms with E-state index in [0.29, 0.717) is 16.6 Å².